The quantitative estimate of drug-likeness (QED) is 0.740. The molecule has 150 valence electrons. The lowest BCUT2D eigenvalue weighted by Gasteiger charge is -2.30. The van der Waals surface area contributed by atoms with Gasteiger partial charge >= 0.3 is 0 Å². The van der Waals surface area contributed by atoms with Crippen molar-refractivity contribution in [2.45, 2.75) is 26.4 Å². The minimum Gasteiger partial charge on any atom is -0.448 e. The van der Waals surface area contributed by atoms with Crippen LogP contribution < -0.4 is 0 Å². The number of oxazole rings is 1. The molecular formula is C22H25N5O2. The van der Waals surface area contributed by atoms with E-state index in [1.54, 1.807) is 13.1 Å². The minimum atomic E-state index is -0.0397. The molecule has 5 rings (SSSR count). The summed E-state index contributed by atoms with van der Waals surface area (Å²) in [4.78, 5) is 29.6. The molecule has 7 nitrogen and oxygen atoms in total. The molecule has 1 amide bonds. The Morgan fingerprint density at radius 1 is 1.24 bits per heavy atom. The minimum absolute atomic E-state index is 0.0397. The van der Waals surface area contributed by atoms with Gasteiger partial charge in [-0.05, 0) is 24.0 Å². The summed E-state index contributed by atoms with van der Waals surface area (Å²) in [6.45, 7) is 7.36. The second-order valence-electron chi connectivity index (χ2n) is 8.16. The zero-order chi connectivity index (χ0) is 20.0. The Morgan fingerprint density at radius 3 is 2.83 bits per heavy atom. The van der Waals surface area contributed by atoms with Gasteiger partial charge in [-0.15, -0.1) is 0 Å². The molecule has 29 heavy (non-hydrogen) atoms. The van der Waals surface area contributed by atoms with Gasteiger partial charge in [-0.3, -0.25) is 9.69 Å². The summed E-state index contributed by atoms with van der Waals surface area (Å²) in [5.74, 6) is 2.30. The zero-order valence-corrected chi connectivity index (χ0v) is 16.7. The van der Waals surface area contributed by atoms with Crippen LogP contribution in [0.5, 0.6) is 0 Å². The van der Waals surface area contributed by atoms with Gasteiger partial charge < -0.3 is 14.3 Å². The van der Waals surface area contributed by atoms with Crippen LogP contribution in [0.1, 0.15) is 39.4 Å². The van der Waals surface area contributed by atoms with Crippen LogP contribution >= 0.6 is 0 Å². The summed E-state index contributed by atoms with van der Waals surface area (Å²) in [5.41, 5.74) is 2.85. The van der Waals surface area contributed by atoms with Crippen LogP contribution in [0.2, 0.25) is 0 Å². The highest BCUT2D eigenvalue weighted by atomic mass is 16.3. The lowest BCUT2D eigenvalue weighted by molar-refractivity contribution is 0.0693. The zero-order valence-electron chi connectivity index (χ0n) is 16.7. The number of hydrogen-bond acceptors (Lipinski definition) is 5. The molecule has 0 radical (unpaired) electrons. The van der Waals surface area contributed by atoms with Gasteiger partial charge in [0.15, 0.2) is 11.6 Å². The SMILES string of the molecule is Cc1nc(C(=O)N2C[C@@H]3CN(Cc4ncc[nH]4)C[C@@H]3[C@H]2c2ccccc2C)co1. The van der Waals surface area contributed by atoms with E-state index in [0.29, 0.717) is 23.4 Å². The number of nitrogens with zero attached hydrogens (tertiary/aromatic N) is 4. The Morgan fingerprint density at radius 2 is 2.10 bits per heavy atom. The van der Waals surface area contributed by atoms with E-state index in [2.05, 4.69) is 51.0 Å². The van der Waals surface area contributed by atoms with Crippen molar-refractivity contribution in [3.05, 3.63) is 71.5 Å². The molecule has 7 heteroatoms. The van der Waals surface area contributed by atoms with Gasteiger partial charge in [0.25, 0.3) is 5.91 Å². The van der Waals surface area contributed by atoms with E-state index in [-0.39, 0.29) is 11.9 Å². The van der Waals surface area contributed by atoms with E-state index in [9.17, 15) is 4.79 Å². The Balaban J connectivity index is 1.45. The van der Waals surface area contributed by atoms with Gasteiger partial charge in [-0.25, -0.2) is 9.97 Å². The van der Waals surface area contributed by atoms with E-state index in [0.717, 1.165) is 32.0 Å². The molecule has 0 spiro atoms. The Bertz CT molecular complexity index is 1010. The van der Waals surface area contributed by atoms with Crippen LogP contribution in [0.4, 0.5) is 0 Å². The van der Waals surface area contributed by atoms with Gasteiger partial charge in [-0.1, -0.05) is 24.3 Å². The average Bonchev–Trinajstić information content (AvgIpc) is 3.47. The maximum atomic E-state index is 13.3. The Labute approximate surface area is 169 Å². The molecule has 2 aromatic heterocycles. The molecule has 0 aliphatic carbocycles. The molecule has 2 aliphatic heterocycles. The molecule has 0 saturated carbocycles. The summed E-state index contributed by atoms with van der Waals surface area (Å²) >= 11 is 0. The maximum absolute atomic E-state index is 13.3. The van der Waals surface area contributed by atoms with Crippen molar-refractivity contribution < 1.29 is 9.21 Å². The molecule has 3 aromatic rings. The number of aromatic nitrogens is 3. The first kappa shape index (κ1) is 18.1. The van der Waals surface area contributed by atoms with Crippen molar-refractivity contribution in [2.24, 2.45) is 11.8 Å². The summed E-state index contributed by atoms with van der Waals surface area (Å²) in [5, 5.41) is 0. The molecule has 1 aromatic carbocycles. The number of carbonyl (C=O) groups is 1. The monoisotopic (exact) mass is 391 g/mol. The predicted molar refractivity (Wildman–Crippen MR) is 107 cm³/mol. The van der Waals surface area contributed by atoms with Gasteiger partial charge in [0, 0.05) is 44.9 Å². The topological polar surface area (TPSA) is 78.3 Å². The van der Waals surface area contributed by atoms with E-state index in [4.69, 9.17) is 4.42 Å². The van der Waals surface area contributed by atoms with Crippen LogP contribution in [0.25, 0.3) is 0 Å². The summed E-state index contributed by atoms with van der Waals surface area (Å²) in [7, 11) is 0. The van der Waals surface area contributed by atoms with E-state index >= 15 is 0 Å². The van der Waals surface area contributed by atoms with E-state index < -0.39 is 0 Å². The largest absolute Gasteiger partial charge is 0.448 e. The Hall–Kier alpha value is -2.93. The number of likely N-dealkylation sites (tertiary alicyclic amines) is 2. The van der Waals surface area contributed by atoms with Crippen molar-refractivity contribution >= 4 is 5.91 Å². The van der Waals surface area contributed by atoms with Crippen molar-refractivity contribution in [1.82, 2.24) is 24.8 Å². The number of aromatic amines is 1. The average molecular weight is 391 g/mol. The number of fused-ring (bicyclic) bond motifs is 1. The van der Waals surface area contributed by atoms with Crippen molar-refractivity contribution in [3.63, 3.8) is 0 Å². The molecule has 0 unspecified atom stereocenters. The number of aryl methyl sites for hydroxylation is 2. The van der Waals surface area contributed by atoms with Crippen LogP contribution in [-0.2, 0) is 6.54 Å². The van der Waals surface area contributed by atoms with Crippen LogP contribution in [0.15, 0.2) is 47.3 Å². The molecule has 2 aliphatic rings. The normalized spacial score (nSPS) is 24.2. The maximum Gasteiger partial charge on any atom is 0.276 e. The highest BCUT2D eigenvalue weighted by Gasteiger charge is 2.49. The van der Waals surface area contributed by atoms with Gasteiger partial charge in [0.2, 0.25) is 0 Å². The van der Waals surface area contributed by atoms with Gasteiger partial charge in [0.1, 0.15) is 12.1 Å². The predicted octanol–water partition coefficient (Wildman–Crippen LogP) is 2.96. The molecule has 1 N–H and O–H groups in total. The number of nitrogens with one attached hydrogen (secondary N) is 1. The fraction of sp³-hybridized carbons (Fsp3) is 0.409. The number of rotatable bonds is 4. The Kier molecular flexibility index (Phi) is 4.47. The summed E-state index contributed by atoms with van der Waals surface area (Å²) in [6, 6.07) is 8.45. The number of imidazole rings is 1. The summed E-state index contributed by atoms with van der Waals surface area (Å²) in [6.07, 6.45) is 5.13. The molecule has 2 fully saturated rings. The van der Waals surface area contributed by atoms with E-state index in [1.165, 1.54) is 17.4 Å². The van der Waals surface area contributed by atoms with Crippen LogP contribution in [0.3, 0.4) is 0 Å². The molecule has 3 atom stereocenters. The second-order valence-corrected chi connectivity index (χ2v) is 8.16. The number of benzene rings is 1. The van der Waals surface area contributed by atoms with Crippen molar-refractivity contribution in [2.75, 3.05) is 19.6 Å². The van der Waals surface area contributed by atoms with Crippen molar-refractivity contribution in [1.29, 1.82) is 0 Å². The number of hydrogen-bond donors (Lipinski definition) is 1. The first-order valence-corrected chi connectivity index (χ1v) is 10.1. The number of carbonyl (C=O) groups excluding carboxylic acids is 1. The number of H-pyrrole nitrogens is 1. The van der Waals surface area contributed by atoms with E-state index in [1.807, 2.05) is 11.1 Å². The molecular weight excluding hydrogens is 366 g/mol. The molecule has 4 heterocycles. The standard InChI is InChI=1S/C22H25N5O2/c1-14-5-3-4-6-17(14)21-18-11-26(12-20-23-7-8-24-20)9-16(18)10-27(21)22(28)19-13-29-15(2)25-19/h3-8,13,16,18,21H,9-12H2,1-2H3,(H,23,24)/t16-,18-,21+/m0/s1. The summed E-state index contributed by atoms with van der Waals surface area (Å²) < 4.78 is 5.30. The first-order chi connectivity index (χ1) is 14.1. The second kappa shape index (κ2) is 7.15. The van der Waals surface area contributed by atoms with Gasteiger partial charge in [-0.2, -0.15) is 0 Å². The number of amides is 1. The third-order valence-corrected chi connectivity index (χ3v) is 6.27. The fourth-order valence-electron chi connectivity index (χ4n) is 5.00. The lowest BCUT2D eigenvalue weighted by atomic mass is 9.87. The first-order valence-electron chi connectivity index (χ1n) is 10.1. The van der Waals surface area contributed by atoms with Gasteiger partial charge in [0.05, 0.1) is 12.6 Å². The van der Waals surface area contributed by atoms with Crippen LogP contribution in [0, 0.1) is 25.7 Å². The van der Waals surface area contributed by atoms with Crippen molar-refractivity contribution in [3.8, 4) is 0 Å². The third kappa shape index (κ3) is 3.25. The highest BCUT2D eigenvalue weighted by Crippen LogP contribution is 2.46. The van der Waals surface area contributed by atoms with Crippen LogP contribution in [-0.4, -0.2) is 50.3 Å². The fourth-order valence-corrected chi connectivity index (χ4v) is 5.00. The third-order valence-electron chi connectivity index (χ3n) is 6.27. The smallest absolute Gasteiger partial charge is 0.276 e. The molecule has 0 bridgehead atoms. The highest BCUT2D eigenvalue weighted by molar-refractivity contribution is 5.92. The molecule has 2 saturated heterocycles. The lowest BCUT2D eigenvalue weighted by Crippen LogP contribution is -2.36.